The van der Waals surface area contributed by atoms with E-state index in [2.05, 4.69) is 30.9 Å². The minimum Gasteiger partial charge on any atom is -0.475 e. The normalized spacial score (nSPS) is 14.0. The molecule has 0 unspecified atom stereocenters. The third-order valence-corrected chi connectivity index (χ3v) is 7.55. The molecule has 0 radical (unpaired) electrons. The summed E-state index contributed by atoms with van der Waals surface area (Å²) < 4.78 is 63.5. The van der Waals surface area contributed by atoms with Crippen molar-refractivity contribution in [2.24, 2.45) is 5.92 Å². The first-order valence-corrected chi connectivity index (χ1v) is 15.4. The van der Waals surface area contributed by atoms with Gasteiger partial charge < -0.3 is 31.1 Å². The van der Waals surface area contributed by atoms with E-state index in [-0.39, 0.29) is 24.2 Å². The van der Waals surface area contributed by atoms with Crippen LogP contribution in [0.3, 0.4) is 0 Å². The van der Waals surface area contributed by atoms with Crippen LogP contribution in [0.1, 0.15) is 36.8 Å². The van der Waals surface area contributed by atoms with Gasteiger partial charge in [-0.05, 0) is 67.0 Å². The predicted octanol–water partition coefficient (Wildman–Crippen LogP) is 5.86. The number of aliphatic carboxylic acids is 2. The summed E-state index contributed by atoms with van der Waals surface area (Å²) in [6.45, 7) is 1.17. The number of halogens is 7. The summed E-state index contributed by atoms with van der Waals surface area (Å²) in [7, 11) is 0. The number of aromatic nitrogens is 3. The van der Waals surface area contributed by atoms with E-state index in [9.17, 15) is 35.9 Å². The molecule has 0 saturated carbocycles. The van der Waals surface area contributed by atoms with Crippen molar-refractivity contribution in [1.82, 2.24) is 19.9 Å². The van der Waals surface area contributed by atoms with E-state index < -0.39 is 24.3 Å². The van der Waals surface area contributed by atoms with Gasteiger partial charge in [0.2, 0.25) is 17.8 Å². The van der Waals surface area contributed by atoms with E-state index in [4.69, 9.17) is 36.7 Å². The van der Waals surface area contributed by atoms with Gasteiger partial charge in [-0.2, -0.15) is 36.6 Å². The third-order valence-electron chi connectivity index (χ3n) is 7.28. The van der Waals surface area contributed by atoms with E-state index in [1.165, 1.54) is 6.20 Å². The highest BCUT2D eigenvalue weighted by atomic mass is 35.5. The molecule has 2 aliphatic heterocycles. The maximum Gasteiger partial charge on any atom is 0.490 e. The van der Waals surface area contributed by atoms with Gasteiger partial charge in [0.25, 0.3) is 0 Å². The first-order valence-electron chi connectivity index (χ1n) is 15.0. The zero-order chi connectivity index (χ0) is 38.6. The Kier molecular flexibility index (Phi) is 14.1. The second-order valence-corrected chi connectivity index (χ2v) is 11.5. The standard InChI is InChI=1S/C27H27ClN8O2.2C2HF3O2/c28-22-16-31-27-33-21-11-18(14-30-15-21)1-2-19-13-20(32-26(22)35-27)3-4-23(19)34-24(37)12-17-6-9-36(10-7-17)25(38)5-8-29;2*3-2(4,5)1(6)7/h3-4,11,13-17H,1-2,5-7,9-10,12H2,(H,34,37)(H2,31,32,33,35);2*(H,6,7). The second kappa shape index (κ2) is 18.0. The molecule has 1 aromatic carbocycles. The van der Waals surface area contributed by atoms with E-state index in [0.29, 0.717) is 42.7 Å². The van der Waals surface area contributed by atoms with E-state index >= 15 is 0 Å². The summed E-state index contributed by atoms with van der Waals surface area (Å²) in [6.07, 6.45) is -1.89. The predicted molar refractivity (Wildman–Crippen MR) is 172 cm³/mol. The number of carboxylic acid groups (broad SMARTS) is 2. The van der Waals surface area contributed by atoms with Crippen molar-refractivity contribution in [1.29, 1.82) is 5.26 Å². The number of fused-ring (bicyclic) bond motifs is 6. The van der Waals surface area contributed by atoms with Gasteiger partial charge in [0.05, 0.1) is 24.2 Å². The average Bonchev–Trinajstić information content (AvgIpc) is 3.06. The van der Waals surface area contributed by atoms with E-state index in [1.54, 1.807) is 11.1 Å². The van der Waals surface area contributed by atoms with Gasteiger partial charge in [0, 0.05) is 37.1 Å². The van der Waals surface area contributed by atoms with Crippen molar-refractivity contribution in [2.45, 2.75) is 50.9 Å². The molecule has 0 spiro atoms. The molecule has 3 aromatic rings. The van der Waals surface area contributed by atoms with Crippen LogP contribution >= 0.6 is 11.6 Å². The van der Waals surface area contributed by atoms with Crippen LogP contribution in [0.25, 0.3) is 0 Å². The number of nitrogens with zero attached hydrogens (tertiary/aromatic N) is 5. The number of carbonyl (C=O) groups excluding carboxylic acids is 2. The Labute approximate surface area is 295 Å². The Balaban J connectivity index is 0.000000441. The summed E-state index contributed by atoms with van der Waals surface area (Å²) >= 11 is 6.35. The summed E-state index contributed by atoms with van der Waals surface area (Å²) in [5.41, 5.74) is 4.34. The van der Waals surface area contributed by atoms with Gasteiger partial charge in [0.15, 0.2) is 5.82 Å². The number of alkyl halides is 6. The summed E-state index contributed by atoms with van der Waals surface area (Å²) in [5, 5.41) is 32.9. The number of pyridine rings is 1. The molecule has 0 atom stereocenters. The number of hydrogen-bond acceptors (Lipinski definition) is 10. The monoisotopic (exact) mass is 758 g/mol. The van der Waals surface area contributed by atoms with Crippen LogP contribution in [0.15, 0.2) is 42.9 Å². The lowest BCUT2D eigenvalue weighted by Gasteiger charge is -2.31. The Bertz CT molecular complexity index is 1790. The molecule has 278 valence electrons. The molecule has 21 heteroatoms. The lowest BCUT2D eigenvalue weighted by atomic mass is 9.93. The number of nitriles is 1. The average molecular weight is 759 g/mol. The van der Waals surface area contributed by atoms with Gasteiger partial charge in [-0.3, -0.25) is 14.6 Å². The number of piperidine rings is 1. The fourth-order valence-electron chi connectivity index (χ4n) is 4.78. The van der Waals surface area contributed by atoms with Gasteiger partial charge >= 0.3 is 24.3 Å². The highest BCUT2D eigenvalue weighted by molar-refractivity contribution is 6.32. The van der Waals surface area contributed by atoms with Crippen molar-refractivity contribution < 1.29 is 55.7 Å². The summed E-state index contributed by atoms with van der Waals surface area (Å²) in [6, 6.07) is 9.68. The third kappa shape index (κ3) is 12.9. The molecule has 1 saturated heterocycles. The van der Waals surface area contributed by atoms with Gasteiger partial charge in [-0.1, -0.05) is 11.6 Å². The van der Waals surface area contributed by atoms with Crippen molar-refractivity contribution in [3.8, 4) is 6.07 Å². The van der Waals surface area contributed by atoms with E-state index in [0.717, 1.165) is 47.5 Å². The quantitative estimate of drug-likeness (QED) is 0.198. The molecule has 6 bridgehead atoms. The first-order chi connectivity index (χ1) is 24.3. The van der Waals surface area contributed by atoms with Crippen molar-refractivity contribution in [2.75, 3.05) is 29.0 Å². The molecule has 5 rings (SSSR count). The SMILES string of the molecule is N#CCC(=O)N1CCC(CC(=O)Nc2ccc3cc2CCc2cncc(c2)Nc2ncc(Cl)c(n2)N3)CC1.O=C(O)C(F)(F)F.O=C(O)C(F)(F)F. The highest BCUT2D eigenvalue weighted by Gasteiger charge is 2.39. The first kappa shape index (κ1) is 40.7. The molecule has 0 aliphatic carbocycles. The van der Waals surface area contributed by atoms with Gasteiger partial charge in [-0.25, -0.2) is 14.6 Å². The number of nitrogens with one attached hydrogen (secondary N) is 3. The number of amides is 2. The fraction of sp³-hybridized carbons (Fsp3) is 0.355. The number of aryl methyl sites for hydroxylation is 2. The second-order valence-electron chi connectivity index (χ2n) is 11.1. The molecule has 1 fully saturated rings. The lowest BCUT2D eigenvalue weighted by molar-refractivity contribution is -0.193. The van der Waals surface area contributed by atoms with Gasteiger partial charge in [-0.15, -0.1) is 0 Å². The van der Waals surface area contributed by atoms with Crippen molar-refractivity contribution in [3.63, 3.8) is 0 Å². The lowest BCUT2D eigenvalue weighted by Crippen LogP contribution is -2.39. The minimum absolute atomic E-state index is 0.0528. The Morgan fingerprint density at radius 1 is 0.942 bits per heavy atom. The summed E-state index contributed by atoms with van der Waals surface area (Å²) in [4.78, 5) is 57.5. The fourth-order valence-corrected chi connectivity index (χ4v) is 4.92. The largest absolute Gasteiger partial charge is 0.490 e. The van der Waals surface area contributed by atoms with Crippen LogP contribution in [0.5, 0.6) is 0 Å². The van der Waals surface area contributed by atoms with Crippen molar-refractivity contribution in [3.05, 3.63) is 59.0 Å². The Morgan fingerprint density at radius 3 is 2.17 bits per heavy atom. The number of rotatable bonds is 4. The van der Waals surface area contributed by atoms with Crippen LogP contribution in [-0.4, -0.2) is 79.3 Å². The Hall–Kier alpha value is -5.71. The molecular weight excluding hydrogens is 730 g/mol. The number of carboxylic acids is 2. The van der Waals surface area contributed by atoms with E-state index in [1.807, 2.05) is 36.5 Å². The zero-order valence-corrected chi connectivity index (χ0v) is 27.4. The maximum atomic E-state index is 13.0. The number of hydrogen-bond donors (Lipinski definition) is 5. The molecule has 2 aliphatic rings. The summed E-state index contributed by atoms with van der Waals surface area (Å²) in [5.74, 6) is -4.64. The maximum absolute atomic E-state index is 13.0. The molecule has 52 heavy (non-hydrogen) atoms. The molecule has 5 N–H and O–H groups in total. The van der Waals surface area contributed by atoms with Crippen LogP contribution in [0.4, 0.5) is 55.2 Å². The van der Waals surface area contributed by atoms with Crippen LogP contribution < -0.4 is 16.0 Å². The highest BCUT2D eigenvalue weighted by Crippen LogP contribution is 2.30. The smallest absolute Gasteiger partial charge is 0.475 e. The molecule has 4 heterocycles. The minimum atomic E-state index is -5.08. The van der Waals surface area contributed by atoms with Crippen molar-refractivity contribution >= 4 is 64.2 Å². The van der Waals surface area contributed by atoms with Gasteiger partial charge in [0.1, 0.15) is 11.4 Å². The van der Waals surface area contributed by atoms with Crippen LogP contribution in [-0.2, 0) is 32.0 Å². The molecular formula is C31H29ClF6N8O6. The zero-order valence-electron chi connectivity index (χ0n) is 26.7. The number of likely N-dealkylation sites (tertiary alicyclic amines) is 1. The topological polar surface area (TPSA) is 211 Å². The molecule has 2 aromatic heterocycles. The Morgan fingerprint density at radius 2 is 1.58 bits per heavy atom. The molecule has 14 nitrogen and oxygen atoms in total. The van der Waals surface area contributed by atoms with Crippen LogP contribution in [0.2, 0.25) is 5.02 Å². The van der Waals surface area contributed by atoms with Crippen LogP contribution in [0, 0.1) is 17.2 Å². The number of benzene rings is 1. The molecule has 2 amide bonds. The number of carbonyl (C=O) groups is 4. The number of anilines is 5.